The third-order valence-corrected chi connectivity index (χ3v) is 3.53. The Balaban J connectivity index is 2.05. The van der Waals surface area contributed by atoms with E-state index < -0.39 is 0 Å². The van der Waals surface area contributed by atoms with Gasteiger partial charge in [0.05, 0.1) is 5.69 Å². The van der Waals surface area contributed by atoms with Crippen molar-refractivity contribution in [2.24, 2.45) is 16.8 Å². The SMILES string of the molecule is C/C=C(\C=C/C(C)C1=NCC(C)C1)c1ccccn1. The molecule has 1 aliphatic heterocycles. The molecular formula is C17H22N2. The lowest BCUT2D eigenvalue weighted by Gasteiger charge is -2.07. The molecule has 0 saturated carbocycles. The van der Waals surface area contributed by atoms with Crippen LogP contribution in [0, 0.1) is 11.8 Å². The van der Waals surface area contributed by atoms with Gasteiger partial charge in [-0.3, -0.25) is 9.98 Å². The summed E-state index contributed by atoms with van der Waals surface area (Å²) in [5.41, 5.74) is 3.52. The van der Waals surface area contributed by atoms with Crippen LogP contribution in [0.4, 0.5) is 0 Å². The van der Waals surface area contributed by atoms with Gasteiger partial charge < -0.3 is 0 Å². The van der Waals surface area contributed by atoms with Crippen LogP contribution in [0.2, 0.25) is 0 Å². The van der Waals surface area contributed by atoms with Crippen molar-refractivity contribution in [2.75, 3.05) is 6.54 Å². The molecule has 2 heteroatoms. The summed E-state index contributed by atoms with van der Waals surface area (Å²) in [6.07, 6.45) is 9.48. The fraction of sp³-hybridized carbons (Fsp3) is 0.412. The third-order valence-electron chi connectivity index (χ3n) is 3.53. The van der Waals surface area contributed by atoms with Crippen LogP contribution in [0.5, 0.6) is 0 Å². The molecule has 2 nitrogen and oxygen atoms in total. The van der Waals surface area contributed by atoms with Crippen LogP contribution in [0.3, 0.4) is 0 Å². The topological polar surface area (TPSA) is 25.2 Å². The Morgan fingerprint density at radius 1 is 1.42 bits per heavy atom. The Labute approximate surface area is 116 Å². The molecule has 0 amide bonds. The second-order valence-electron chi connectivity index (χ2n) is 5.25. The molecule has 1 aromatic rings. The van der Waals surface area contributed by atoms with E-state index >= 15 is 0 Å². The van der Waals surface area contributed by atoms with Crippen LogP contribution >= 0.6 is 0 Å². The van der Waals surface area contributed by atoms with E-state index in [4.69, 9.17) is 0 Å². The minimum atomic E-state index is 0.420. The van der Waals surface area contributed by atoms with Crippen molar-refractivity contribution in [2.45, 2.75) is 27.2 Å². The second-order valence-corrected chi connectivity index (χ2v) is 5.25. The first kappa shape index (κ1) is 13.7. The van der Waals surface area contributed by atoms with Gasteiger partial charge in [-0.15, -0.1) is 0 Å². The average Bonchev–Trinajstić information content (AvgIpc) is 2.87. The Kier molecular flexibility index (Phi) is 4.67. The summed E-state index contributed by atoms with van der Waals surface area (Å²) in [5.74, 6) is 1.13. The van der Waals surface area contributed by atoms with Gasteiger partial charge in [0, 0.05) is 24.4 Å². The first-order valence-electron chi connectivity index (χ1n) is 7.00. The number of allylic oxidation sites excluding steroid dienone is 4. The van der Waals surface area contributed by atoms with Gasteiger partial charge in [0.15, 0.2) is 0 Å². The zero-order chi connectivity index (χ0) is 13.7. The maximum Gasteiger partial charge on any atom is 0.0698 e. The van der Waals surface area contributed by atoms with E-state index in [9.17, 15) is 0 Å². The first-order valence-corrected chi connectivity index (χ1v) is 7.00. The van der Waals surface area contributed by atoms with Gasteiger partial charge in [0.2, 0.25) is 0 Å². The number of nitrogens with zero attached hydrogens (tertiary/aromatic N) is 2. The van der Waals surface area contributed by atoms with Crippen molar-refractivity contribution in [1.29, 1.82) is 0 Å². The molecule has 0 spiro atoms. The quantitative estimate of drug-likeness (QED) is 0.741. The van der Waals surface area contributed by atoms with E-state index in [0.29, 0.717) is 11.8 Å². The normalized spacial score (nSPS) is 21.7. The number of hydrogen-bond donors (Lipinski definition) is 0. The molecule has 2 heterocycles. The van der Waals surface area contributed by atoms with Crippen molar-refractivity contribution in [3.05, 3.63) is 48.3 Å². The number of rotatable bonds is 4. The standard InChI is InChI=1S/C17H22N2/c1-4-15(16-7-5-6-10-18-16)9-8-14(3)17-11-13(2)12-19-17/h4-10,13-14H,11-12H2,1-3H3/b9-8-,15-4+. The van der Waals surface area contributed by atoms with Crippen molar-refractivity contribution >= 4 is 11.3 Å². The first-order chi connectivity index (χ1) is 9.20. The molecule has 19 heavy (non-hydrogen) atoms. The summed E-state index contributed by atoms with van der Waals surface area (Å²) in [6, 6.07) is 6.00. The van der Waals surface area contributed by atoms with Gasteiger partial charge in [-0.2, -0.15) is 0 Å². The smallest absolute Gasteiger partial charge is 0.0698 e. The molecule has 2 unspecified atom stereocenters. The molecule has 0 radical (unpaired) electrons. The number of hydrogen-bond acceptors (Lipinski definition) is 2. The highest BCUT2D eigenvalue weighted by atomic mass is 14.8. The molecular weight excluding hydrogens is 232 g/mol. The lowest BCUT2D eigenvalue weighted by Crippen LogP contribution is -2.06. The number of pyridine rings is 1. The second kappa shape index (κ2) is 6.46. The Hall–Kier alpha value is -1.70. The van der Waals surface area contributed by atoms with Crippen molar-refractivity contribution in [1.82, 2.24) is 4.98 Å². The van der Waals surface area contributed by atoms with E-state index in [1.807, 2.05) is 31.3 Å². The molecule has 0 fully saturated rings. The summed E-state index contributed by atoms with van der Waals surface area (Å²) in [4.78, 5) is 9.01. The molecule has 0 saturated heterocycles. The fourth-order valence-electron chi connectivity index (χ4n) is 2.31. The van der Waals surface area contributed by atoms with E-state index in [0.717, 1.165) is 18.7 Å². The van der Waals surface area contributed by atoms with Crippen LogP contribution in [0.1, 0.15) is 32.9 Å². The van der Waals surface area contributed by atoms with Crippen LogP contribution in [-0.2, 0) is 0 Å². The monoisotopic (exact) mass is 254 g/mol. The number of aromatic nitrogens is 1. The van der Waals surface area contributed by atoms with Gasteiger partial charge >= 0.3 is 0 Å². The van der Waals surface area contributed by atoms with Crippen LogP contribution in [-0.4, -0.2) is 17.2 Å². The zero-order valence-electron chi connectivity index (χ0n) is 12.0. The fourth-order valence-corrected chi connectivity index (χ4v) is 2.31. The highest BCUT2D eigenvalue weighted by Gasteiger charge is 2.17. The predicted molar refractivity (Wildman–Crippen MR) is 82.3 cm³/mol. The summed E-state index contributed by atoms with van der Waals surface area (Å²) in [5, 5.41) is 0. The van der Waals surface area contributed by atoms with E-state index in [2.05, 4.69) is 42.1 Å². The molecule has 0 aromatic carbocycles. The Bertz CT molecular complexity index is 497. The minimum Gasteiger partial charge on any atom is -0.293 e. The van der Waals surface area contributed by atoms with Crippen molar-refractivity contribution in [3.8, 4) is 0 Å². The highest BCUT2D eigenvalue weighted by Crippen LogP contribution is 2.20. The zero-order valence-corrected chi connectivity index (χ0v) is 12.0. The summed E-state index contributed by atoms with van der Waals surface area (Å²) < 4.78 is 0. The molecule has 1 aliphatic rings. The van der Waals surface area contributed by atoms with Crippen LogP contribution in [0.15, 0.2) is 47.6 Å². The van der Waals surface area contributed by atoms with E-state index in [-0.39, 0.29) is 0 Å². The molecule has 0 N–H and O–H groups in total. The van der Waals surface area contributed by atoms with Gasteiger partial charge in [-0.25, -0.2) is 0 Å². The highest BCUT2D eigenvalue weighted by molar-refractivity contribution is 5.90. The largest absolute Gasteiger partial charge is 0.293 e. The van der Waals surface area contributed by atoms with Gasteiger partial charge in [-0.1, -0.05) is 38.1 Å². The molecule has 0 aliphatic carbocycles. The van der Waals surface area contributed by atoms with Gasteiger partial charge in [-0.05, 0) is 37.0 Å². The molecule has 1 aromatic heterocycles. The molecule has 2 atom stereocenters. The van der Waals surface area contributed by atoms with Gasteiger partial charge in [0.25, 0.3) is 0 Å². The van der Waals surface area contributed by atoms with Crippen molar-refractivity contribution in [3.63, 3.8) is 0 Å². The summed E-state index contributed by atoms with van der Waals surface area (Å²) in [6.45, 7) is 7.52. The van der Waals surface area contributed by atoms with E-state index in [1.165, 1.54) is 11.3 Å². The van der Waals surface area contributed by atoms with Crippen LogP contribution < -0.4 is 0 Å². The lowest BCUT2D eigenvalue weighted by atomic mass is 9.97. The maximum atomic E-state index is 4.62. The summed E-state index contributed by atoms with van der Waals surface area (Å²) >= 11 is 0. The predicted octanol–water partition coefficient (Wildman–Crippen LogP) is 4.16. The molecule has 2 rings (SSSR count). The molecule has 100 valence electrons. The summed E-state index contributed by atoms with van der Waals surface area (Å²) in [7, 11) is 0. The van der Waals surface area contributed by atoms with Crippen LogP contribution in [0.25, 0.3) is 5.57 Å². The van der Waals surface area contributed by atoms with Crippen molar-refractivity contribution < 1.29 is 0 Å². The third kappa shape index (κ3) is 3.63. The average molecular weight is 254 g/mol. The number of aliphatic imine (C=N–C) groups is 1. The van der Waals surface area contributed by atoms with E-state index in [1.54, 1.807) is 0 Å². The molecule has 0 bridgehead atoms. The Morgan fingerprint density at radius 3 is 2.84 bits per heavy atom. The minimum absolute atomic E-state index is 0.420. The Morgan fingerprint density at radius 2 is 2.26 bits per heavy atom. The lowest BCUT2D eigenvalue weighted by molar-refractivity contribution is 0.660. The maximum absolute atomic E-state index is 4.62. The van der Waals surface area contributed by atoms with Gasteiger partial charge in [0.1, 0.15) is 0 Å².